The Morgan fingerprint density at radius 1 is 1.40 bits per heavy atom. The van der Waals surface area contributed by atoms with Gasteiger partial charge in [-0.15, -0.1) is 12.4 Å². The van der Waals surface area contributed by atoms with Gasteiger partial charge in [-0.2, -0.15) is 11.6 Å². The standard InChI is InChI=1S/C8H12N.Rb/c1-8(2,3)7-4-5-9-6-7;/h4,6,9H,1-3H3;/q-1;+1. The average molecular weight is 208 g/mol. The fourth-order valence-corrected chi connectivity index (χ4v) is 0.714. The van der Waals surface area contributed by atoms with Crippen LogP contribution in [0.15, 0.2) is 12.3 Å². The van der Waals surface area contributed by atoms with Crippen LogP contribution in [0.3, 0.4) is 0 Å². The molecule has 1 aromatic heterocycles. The van der Waals surface area contributed by atoms with Crippen LogP contribution >= 0.6 is 0 Å². The van der Waals surface area contributed by atoms with Gasteiger partial charge in [0.1, 0.15) is 0 Å². The minimum Gasteiger partial charge on any atom is -0.484 e. The van der Waals surface area contributed by atoms with Crippen molar-refractivity contribution in [2.24, 2.45) is 0 Å². The van der Waals surface area contributed by atoms with Gasteiger partial charge in [0.2, 0.25) is 0 Å². The van der Waals surface area contributed by atoms with E-state index >= 15 is 0 Å². The van der Waals surface area contributed by atoms with Gasteiger partial charge in [0, 0.05) is 0 Å². The van der Waals surface area contributed by atoms with E-state index in [-0.39, 0.29) is 63.6 Å². The normalized spacial score (nSPS) is 10.7. The minimum atomic E-state index is 0. The van der Waals surface area contributed by atoms with Crippen LogP contribution in [-0.4, -0.2) is 4.98 Å². The largest absolute Gasteiger partial charge is 1.00 e. The SMILES string of the molecule is CC(C)(C)c1c[c-][nH]c1.[Rb+]. The first-order valence-corrected chi connectivity index (χ1v) is 3.15. The van der Waals surface area contributed by atoms with E-state index in [0.717, 1.165) is 0 Å². The molecule has 50 valence electrons. The molecule has 0 bridgehead atoms. The van der Waals surface area contributed by atoms with E-state index in [4.69, 9.17) is 0 Å². The van der Waals surface area contributed by atoms with Gasteiger partial charge in [0.15, 0.2) is 0 Å². The van der Waals surface area contributed by atoms with E-state index in [2.05, 4.69) is 32.0 Å². The monoisotopic (exact) mass is 207 g/mol. The van der Waals surface area contributed by atoms with Gasteiger partial charge in [-0.05, 0) is 0 Å². The van der Waals surface area contributed by atoms with Gasteiger partial charge in [-0.1, -0.05) is 26.2 Å². The van der Waals surface area contributed by atoms with E-state index in [1.165, 1.54) is 5.56 Å². The molecule has 0 fully saturated rings. The second-order valence-electron chi connectivity index (χ2n) is 3.28. The molecule has 0 spiro atoms. The second kappa shape index (κ2) is 4.20. The molecule has 0 aliphatic heterocycles. The zero-order valence-corrected chi connectivity index (χ0v) is 12.1. The van der Waals surface area contributed by atoms with Gasteiger partial charge >= 0.3 is 58.2 Å². The Labute approximate surface area is 111 Å². The molecule has 1 nitrogen and oxygen atoms in total. The maximum absolute atomic E-state index is 2.91. The Morgan fingerprint density at radius 2 is 2.00 bits per heavy atom. The number of hydrogen-bond acceptors (Lipinski definition) is 0. The molecule has 0 amide bonds. The predicted molar refractivity (Wildman–Crippen MR) is 38.3 cm³/mol. The van der Waals surface area contributed by atoms with Gasteiger partial charge in [-0.25, -0.2) is 0 Å². The Balaban J connectivity index is 0.000000810. The van der Waals surface area contributed by atoms with Gasteiger partial charge in [-0.3, -0.25) is 0 Å². The molecule has 2 heteroatoms. The third kappa shape index (κ3) is 2.99. The van der Waals surface area contributed by atoms with Crippen LogP contribution in [0, 0.1) is 6.20 Å². The molecule has 0 aromatic carbocycles. The molecule has 10 heavy (non-hydrogen) atoms. The van der Waals surface area contributed by atoms with E-state index in [9.17, 15) is 0 Å². The summed E-state index contributed by atoms with van der Waals surface area (Å²) in [5.41, 5.74) is 1.57. The first-order chi connectivity index (χ1) is 4.11. The van der Waals surface area contributed by atoms with E-state index in [1.807, 2.05) is 12.3 Å². The first-order valence-electron chi connectivity index (χ1n) is 3.15. The fraction of sp³-hybridized carbons (Fsp3) is 0.500. The van der Waals surface area contributed by atoms with Crippen molar-refractivity contribution in [3.05, 3.63) is 24.0 Å². The Morgan fingerprint density at radius 3 is 2.20 bits per heavy atom. The summed E-state index contributed by atoms with van der Waals surface area (Å²) < 4.78 is 0. The Hall–Kier alpha value is 1.09. The summed E-state index contributed by atoms with van der Waals surface area (Å²) in [5, 5.41) is 0. The van der Waals surface area contributed by atoms with E-state index in [0.29, 0.717) is 0 Å². The van der Waals surface area contributed by atoms with E-state index < -0.39 is 0 Å². The first kappa shape index (κ1) is 11.1. The smallest absolute Gasteiger partial charge is 0.484 e. The molecule has 1 heterocycles. The zero-order valence-electron chi connectivity index (χ0n) is 7.15. The van der Waals surface area contributed by atoms with Crippen molar-refractivity contribution in [2.45, 2.75) is 26.2 Å². The van der Waals surface area contributed by atoms with Gasteiger partial charge < -0.3 is 4.98 Å². The third-order valence-electron chi connectivity index (χ3n) is 1.40. The number of hydrogen-bond donors (Lipinski definition) is 1. The van der Waals surface area contributed by atoms with Crippen LogP contribution in [0.1, 0.15) is 26.3 Å². The molecular weight excluding hydrogens is 196 g/mol. The van der Waals surface area contributed by atoms with Crippen LogP contribution in [-0.2, 0) is 5.41 Å². The number of rotatable bonds is 0. The van der Waals surface area contributed by atoms with Crippen LogP contribution in [0.5, 0.6) is 0 Å². The average Bonchev–Trinajstić information content (AvgIpc) is 2.08. The third-order valence-corrected chi connectivity index (χ3v) is 1.40. The molecule has 0 saturated carbocycles. The number of H-pyrrole nitrogens is 1. The summed E-state index contributed by atoms with van der Waals surface area (Å²) in [6, 6.07) is 1.99. The topological polar surface area (TPSA) is 15.8 Å². The molecule has 1 rings (SSSR count). The van der Waals surface area contributed by atoms with Crippen molar-refractivity contribution in [3.8, 4) is 0 Å². The minimum absolute atomic E-state index is 0. The Kier molecular flexibility index (Phi) is 4.65. The molecule has 1 aromatic rings. The van der Waals surface area contributed by atoms with Crippen LogP contribution in [0.2, 0.25) is 0 Å². The molecule has 0 aliphatic rings. The van der Waals surface area contributed by atoms with Crippen molar-refractivity contribution in [1.29, 1.82) is 0 Å². The fourth-order valence-electron chi connectivity index (χ4n) is 0.714. The van der Waals surface area contributed by atoms with Gasteiger partial charge in [0.05, 0.1) is 0 Å². The quantitative estimate of drug-likeness (QED) is 0.532. The molecule has 0 unspecified atom stereocenters. The summed E-state index contributed by atoms with van der Waals surface area (Å²) in [6.45, 7) is 6.55. The summed E-state index contributed by atoms with van der Waals surface area (Å²) in [7, 11) is 0. The Bertz CT molecular complexity index is 172. The maximum atomic E-state index is 2.91. The van der Waals surface area contributed by atoms with Crippen LogP contribution in [0.4, 0.5) is 0 Å². The van der Waals surface area contributed by atoms with Gasteiger partial charge in [0.25, 0.3) is 0 Å². The predicted octanol–water partition coefficient (Wildman–Crippen LogP) is -0.884. The molecule has 1 N–H and O–H groups in total. The van der Waals surface area contributed by atoms with E-state index in [1.54, 1.807) is 0 Å². The number of aromatic amines is 1. The maximum Gasteiger partial charge on any atom is 1.00 e. The van der Waals surface area contributed by atoms with Crippen molar-refractivity contribution < 1.29 is 58.2 Å². The van der Waals surface area contributed by atoms with Crippen molar-refractivity contribution in [3.63, 3.8) is 0 Å². The molecule has 0 saturated heterocycles. The summed E-state index contributed by atoms with van der Waals surface area (Å²) in [5.74, 6) is 0. The second-order valence-corrected chi connectivity index (χ2v) is 3.28. The number of aromatic nitrogens is 1. The zero-order chi connectivity index (χ0) is 6.91. The van der Waals surface area contributed by atoms with Crippen LogP contribution in [0.25, 0.3) is 0 Å². The summed E-state index contributed by atoms with van der Waals surface area (Å²) in [6.07, 6.45) is 4.90. The molecule has 0 aliphatic carbocycles. The van der Waals surface area contributed by atoms with Crippen molar-refractivity contribution >= 4 is 0 Å². The van der Waals surface area contributed by atoms with Crippen molar-refractivity contribution in [2.75, 3.05) is 0 Å². The molecule has 0 atom stereocenters. The summed E-state index contributed by atoms with van der Waals surface area (Å²) in [4.78, 5) is 2.91. The summed E-state index contributed by atoms with van der Waals surface area (Å²) >= 11 is 0. The number of nitrogens with one attached hydrogen (secondary N) is 1. The van der Waals surface area contributed by atoms with Crippen LogP contribution < -0.4 is 58.2 Å². The molecular formula is C8H12NRb. The van der Waals surface area contributed by atoms with Crippen molar-refractivity contribution in [1.82, 2.24) is 4.98 Å². The molecule has 0 radical (unpaired) electrons.